The summed E-state index contributed by atoms with van der Waals surface area (Å²) in [4.78, 5) is 20.9. The van der Waals surface area contributed by atoms with Gasteiger partial charge in [-0.2, -0.15) is 0 Å². The highest BCUT2D eigenvalue weighted by molar-refractivity contribution is 5.85. The molecule has 0 saturated carbocycles. The number of hydrogen-bond acceptors (Lipinski definition) is 4. The van der Waals surface area contributed by atoms with Crippen LogP contribution in [0.25, 0.3) is 5.82 Å². The predicted octanol–water partition coefficient (Wildman–Crippen LogP) is 3.06. The molecular formula is C19H29Cl2N5O. The van der Waals surface area contributed by atoms with E-state index in [0.717, 1.165) is 30.3 Å². The topological polar surface area (TPSA) is 71.8 Å². The van der Waals surface area contributed by atoms with Crippen LogP contribution in [0.4, 0.5) is 0 Å². The van der Waals surface area contributed by atoms with Crippen molar-refractivity contribution in [2.24, 2.45) is 11.8 Å². The van der Waals surface area contributed by atoms with Crippen molar-refractivity contribution in [3.63, 3.8) is 0 Å². The van der Waals surface area contributed by atoms with Crippen LogP contribution in [-0.4, -0.2) is 33.5 Å². The summed E-state index contributed by atoms with van der Waals surface area (Å²) in [6, 6.07) is 3.95. The van der Waals surface area contributed by atoms with Gasteiger partial charge in [0.25, 0.3) is 0 Å². The average molecular weight is 414 g/mol. The lowest BCUT2D eigenvalue weighted by molar-refractivity contribution is -0.122. The first-order chi connectivity index (χ1) is 12.1. The maximum absolute atomic E-state index is 12.2. The zero-order chi connectivity index (χ0) is 17.6. The number of carbonyl (C=O) groups excluding carboxylic acids is 1. The normalized spacial score (nSPS) is 17.3. The number of aromatic nitrogens is 3. The third kappa shape index (κ3) is 6.48. The molecule has 0 bridgehead atoms. The molecule has 2 atom stereocenters. The second-order valence-corrected chi connectivity index (χ2v) is 6.93. The number of carbonyl (C=O) groups is 1. The molecule has 1 aliphatic heterocycles. The fraction of sp³-hybridized carbons (Fsp3) is 0.526. The van der Waals surface area contributed by atoms with E-state index in [0.29, 0.717) is 24.8 Å². The van der Waals surface area contributed by atoms with Gasteiger partial charge in [-0.1, -0.05) is 13.0 Å². The van der Waals surface area contributed by atoms with Gasteiger partial charge < -0.3 is 10.6 Å². The van der Waals surface area contributed by atoms with Gasteiger partial charge in [0.2, 0.25) is 5.91 Å². The molecule has 1 saturated heterocycles. The minimum absolute atomic E-state index is 0. The Bertz CT molecular complexity index is 698. The Hall–Kier alpha value is -1.63. The van der Waals surface area contributed by atoms with E-state index >= 15 is 0 Å². The molecule has 8 heteroatoms. The Labute approximate surface area is 173 Å². The molecule has 3 rings (SSSR count). The van der Waals surface area contributed by atoms with Crippen LogP contribution in [0.2, 0.25) is 0 Å². The van der Waals surface area contributed by atoms with Gasteiger partial charge in [-0.05, 0) is 56.3 Å². The van der Waals surface area contributed by atoms with Gasteiger partial charge in [0, 0.05) is 31.6 Å². The summed E-state index contributed by atoms with van der Waals surface area (Å²) < 4.78 is 1.93. The smallest absolute Gasteiger partial charge is 0.220 e. The molecule has 0 aromatic carbocycles. The van der Waals surface area contributed by atoms with Gasteiger partial charge in [0.15, 0.2) is 0 Å². The summed E-state index contributed by atoms with van der Waals surface area (Å²) in [5, 5.41) is 6.44. The average Bonchev–Trinajstić information content (AvgIpc) is 3.07. The van der Waals surface area contributed by atoms with E-state index < -0.39 is 0 Å². The number of nitrogens with zero attached hydrogens (tertiary/aromatic N) is 3. The SMILES string of the molecule is Cc1nccn1-c1ccc(CNC(=O)CC(C)C2CCCNC2)cn1.Cl.Cl. The van der Waals surface area contributed by atoms with Crippen LogP contribution in [0.3, 0.4) is 0 Å². The summed E-state index contributed by atoms with van der Waals surface area (Å²) >= 11 is 0. The number of piperidine rings is 1. The highest BCUT2D eigenvalue weighted by Crippen LogP contribution is 2.22. The number of imidazole rings is 1. The first-order valence-electron chi connectivity index (χ1n) is 9.06. The Morgan fingerprint density at radius 2 is 2.19 bits per heavy atom. The van der Waals surface area contributed by atoms with Crippen molar-refractivity contribution in [2.45, 2.75) is 39.7 Å². The standard InChI is InChI=1S/C19H27N5O.2ClH/c1-14(17-4-3-7-20-13-17)10-19(25)23-12-16-5-6-18(22-11-16)24-9-8-21-15(24)2;;/h5-6,8-9,11,14,17,20H,3-4,7,10,12-13H2,1-2H3,(H,23,25);2*1H. The van der Waals surface area contributed by atoms with Crippen molar-refractivity contribution in [1.29, 1.82) is 0 Å². The summed E-state index contributed by atoms with van der Waals surface area (Å²) in [7, 11) is 0. The Morgan fingerprint density at radius 3 is 2.78 bits per heavy atom. The summed E-state index contributed by atoms with van der Waals surface area (Å²) in [6.45, 7) is 6.79. The van der Waals surface area contributed by atoms with Crippen molar-refractivity contribution in [3.05, 3.63) is 42.1 Å². The van der Waals surface area contributed by atoms with Gasteiger partial charge in [0.05, 0.1) is 0 Å². The van der Waals surface area contributed by atoms with Crippen LogP contribution in [0.5, 0.6) is 0 Å². The summed E-state index contributed by atoms with van der Waals surface area (Å²) in [5.74, 6) is 2.88. The maximum Gasteiger partial charge on any atom is 0.220 e. The van der Waals surface area contributed by atoms with E-state index in [4.69, 9.17) is 0 Å². The molecule has 3 heterocycles. The predicted molar refractivity (Wildman–Crippen MR) is 112 cm³/mol. The van der Waals surface area contributed by atoms with Crippen LogP contribution >= 0.6 is 24.8 Å². The van der Waals surface area contributed by atoms with Crippen LogP contribution in [0.15, 0.2) is 30.7 Å². The quantitative estimate of drug-likeness (QED) is 0.762. The molecule has 27 heavy (non-hydrogen) atoms. The van der Waals surface area contributed by atoms with E-state index in [1.54, 1.807) is 6.20 Å². The molecule has 1 aliphatic rings. The number of aryl methyl sites for hydroxylation is 1. The van der Waals surface area contributed by atoms with E-state index in [-0.39, 0.29) is 30.7 Å². The van der Waals surface area contributed by atoms with Gasteiger partial charge in [-0.3, -0.25) is 9.36 Å². The lowest BCUT2D eigenvalue weighted by atomic mass is 9.85. The molecule has 2 aromatic rings. The maximum atomic E-state index is 12.2. The van der Waals surface area contributed by atoms with Crippen molar-refractivity contribution in [2.75, 3.05) is 13.1 Å². The minimum Gasteiger partial charge on any atom is -0.352 e. The second-order valence-electron chi connectivity index (χ2n) is 6.93. The fourth-order valence-corrected chi connectivity index (χ4v) is 3.38. The molecule has 0 aliphatic carbocycles. The zero-order valence-electron chi connectivity index (χ0n) is 15.9. The lowest BCUT2D eigenvalue weighted by Crippen LogP contribution is -2.35. The van der Waals surface area contributed by atoms with Gasteiger partial charge in [-0.15, -0.1) is 24.8 Å². The second kappa shape index (κ2) is 11.3. The molecular weight excluding hydrogens is 385 g/mol. The third-order valence-corrected chi connectivity index (χ3v) is 5.02. The number of amides is 1. The van der Waals surface area contributed by atoms with Crippen LogP contribution < -0.4 is 10.6 Å². The Morgan fingerprint density at radius 1 is 1.37 bits per heavy atom. The molecule has 150 valence electrons. The van der Waals surface area contributed by atoms with Gasteiger partial charge in [-0.25, -0.2) is 9.97 Å². The molecule has 6 nitrogen and oxygen atoms in total. The minimum atomic E-state index is 0. The van der Waals surface area contributed by atoms with Crippen molar-refractivity contribution < 1.29 is 4.79 Å². The van der Waals surface area contributed by atoms with E-state index in [1.165, 1.54) is 12.8 Å². The van der Waals surface area contributed by atoms with E-state index in [2.05, 4.69) is 27.5 Å². The largest absolute Gasteiger partial charge is 0.352 e. The highest BCUT2D eigenvalue weighted by Gasteiger charge is 2.21. The summed E-state index contributed by atoms with van der Waals surface area (Å²) in [6.07, 6.45) is 8.48. The third-order valence-electron chi connectivity index (χ3n) is 5.02. The molecule has 2 aromatic heterocycles. The van der Waals surface area contributed by atoms with Crippen LogP contribution in [-0.2, 0) is 11.3 Å². The monoisotopic (exact) mass is 413 g/mol. The molecule has 2 N–H and O–H groups in total. The first-order valence-corrected chi connectivity index (χ1v) is 9.06. The molecule has 2 unspecified atom stereocenters. The molecule has 1 amide bonds. The summed E-state index contributed by atoms with van der Waals surface area (Å²) in [5.41, 5.74) is 1.00. The number of hydrogen-bond donors (Lipinski definition) is 2. The lowest BCUT2D eigenvalue weighted by Gasteiger charge is -2.28. The van der Waals surface area contributed by atoms with Gasteiger partial charge in [0.1, 0.15) is 11.6 Å². The zero-order valence-corrected chi connectivity index (χ0v) is 17.5. The van der Waals surface area contributed by atoms with Crippen molar-refractivity contribution >= 4 is 30.7 Å². The first kappa shape index (κ1) is 23.4. The van der Waals surface area contributed by atoms with E-state index in [9.17, 15) is 4.79 Å². The Kier molecular flexibility index (Phi) is 9.77. The van der Waals surface area contributed by atoms with Crippen LogP contribution in [0, 0.1) is 18.8 Å². The number of rotatable bonds is 6. The highest BCUT2D eigenvalue weighted by atomic mass is 35.5. The number of halogens is 2. The van der Waals surface area contributed by atoms with Crippen molar-refractivity contribution in [1.82, 2.24) is 25.2 Å². The Balaban J connectivity index is 0.00000182. The van der Waals surface area contributed by atoms with Crippen molar-refractivity contribution in [3.8, 4) is 5.82 Å². The number of nitrogens with one attached hydrogen (secondary N) is 2. The van der Waals surface area contributed by atoms with Crippen LogP contribution in [0.1, 0.15) is 37.6 Å². The molecule has 0 radical (unpaired) electrons. The van der Waals surface area contributed by atoms with Gasteiger partial charge >= 0.3 is 0 Å². The molecule has 1 fully saturated rings. The van der Waals surface area contributed by atoms with E-state index in [1.807, 2.05) is 36.0 Å². The molecule has 0 spiro atoms. The fourth-order valence-electron chi connectivity index (χ4n) is 3.38. The number of pyridine rings is 1.